The summed E-state index contributed by atoms with van der Waals surface area (Å²) in [7, 11) is 0. The molecule has 1 rings (SSSR count). The van der Waals surface area contributed by atoms with E-state index >= 15 is 0 Å². The van der Waals surface area contributed by atoms with Gasteiger partial charge in [-0.25, -0.2) is 4.79 Å². The van der Waals surface area contributed by atoms with Crippen LogP contribution in [0.2, 0.25) is 0 Å². The maximum absolute atomic E-state index is 12.1. The van der Waals surface area contributed by atoms with E-state index in [-0.39, 0.29) is 0 Å². The Hall–Kier alpha value is -1.36. The molecule has 2 N–H and O–H groups in total. The lowest BCUT2D eigenvalue weighted by atomic mass is 9.98. The molecule has 0 fully saturated rings. The molecule has 5 heteroatoms. The number of aryl methyl sites for hydroxylation is 1. The minimum absolute atomic E-state index is 0.317. The van der Waals surface area contributed by atoms with Crippen LogP contribution in [0.3, 0.4) is 0 Å². The highest BCUT2D eigenvalue weighted by molar-refractivity contribution is 9.10. The summed E-state index contributed by atoms with van der Waals surface area (Å²) in [4.78, 5) is 23.2. The van der Waals surface area contributed by atoms with Gasteiger partial charge in [-0.05, 0) is 53.9 Å². The zero-order valence-corrected chi connectivity index (χ0v) is 12.2. The molecule has 1 unspecified atom stereocenters. The van der Waals surface area contributed by atoms with E-state index in [1.807, 2.05) is 19.1 Å². The van der Waals surface area contributed by atoms with Crippen molar-refractivity contribution in [3.05, 3.63) is 33.8 Å². The smallest absolute Gasteiger partial charge is 0.329 e. The van der Waals surface area contributed by atoms with Gasteiger partial charge >= 0.3 is 5.97 Å². The molecule has 0 aliphatic carbocycles. The number of carboxylic acids is 1. The standard InChI is InChI=1S/C13H16BrNO3/c1-4-13(3,12(17)18)15-11(16)9-6-5-8(2)7-10(9)14/h5-7H,4H2,1-3H3,(H,15,16)(H,17,18). The predicted molar refractivity (Wildman–Crippen MR) is 72.7 cm³/mol. The SMILES string of the molecule is CCC(C)(NC(=O)c1ccc(C)cc1Br)C(=O)O. The number of benzene rings is 1. The van der Waals surface area contributed by atoms with Crippen molar-refractivity contribution in [2.45, 2.75) is 32.7 Å². The number of hydrogen-bond acceptors (Lipinski definition) is 2. The number of carbonyl (C=O) groups is 2. The highest BCUT2D eigenvalue weighted by atomic mass is 79.9. The van der Waals surface area contributed by atoms with Crippen LogP contribution in [0.5, 0.6) is 0 Å². The minimum Gasteiger partial charge on any atom is -0.480 e. The lowest BCUT2D eigenvalue weighted by Gasteiger charge is -2.24. The fraction of sp³-hybridized carbons (Fsp3) is 0.385. The molecule has 4 nitrogen and oxygen atoms in total. The van der Waals surface area contributed by atoms with Gasteiger partial charge in [0.25, 0.3) is 5.91 Å². The molecule has 0 heterocycles. The largest absolute Gasteiger partial charge is 0.480 e. The highest BCUT2D eigenvalue weighted by Crippen LogP contribution is 2.20. The first-order valence-electron chi connectivity index (χ1n) is 5.62. The molecular weight excluding hydrogens is 298 g/mol. The van der Waals surface area contributed by atoms with Gasteiger partial charge in [0.05, 0.1) is 5.56 Å². The first-order chi connectivity index (χ1) is 8.30. The number of aliphatic carboxylic acids is 1. The number of halogens is 1. The molecule has 0 saturated heterocycles. The van der Waals surface area contributed by atoms with Crippen molar-refractivity contribution in [1.29, 1.82) is 0 Å². The van der Waals surface area contributed by atoms with Crippen LogP contribution < -0.4 is 5.32 Å². The monoisotopic (exact) mass is 313 g/mol. The van der Waals surface area contributed by atoms with E-state index in [1.54, 1.807) is 13.0 Å². The number of amides is 1. The normalized spacial score (nSPS) is 13.8. The summed E-state index contributed by atoms with van der Waals surface area (Å²) in [6.45, 7) is 5.13. The van der Waals surface area contributed by atoms with Crippen molar-refractivity contribution in [3.8, 4) is 0 Å². The zero-order valence-electron chi connectivity index (χ0n) is 10.6. The highest BCUT2D eigenvalue weighted by Gasteiger charge is 2.33. The predicted octanol–water partition coefficient (Wildman–Crippen LogP) is 2.74. The van der Waals surface area contributed by atoms with Crippen LogP contribution in [0.15, 0.2) is 22.7 Å². The van der Waals surface area contributed by atoms with Crippen molar-refractivity contribution < 1.29 is 14.7 Å². The van der Waals surface area contributed by atoms with Gasteiger partial charge in [-0.15, -0.1) is 0 Å². The van der Waals surface area contributed by atoms with Crippen molar-refractivity contribution in [2.24, 2.45) is 0 Å². The number of nitrogens with one attached hydrogen (secondary N) is 1. The van der Waals surface area contributed by atoms with Gasteiger partial charge in [0, 0.05) is 4.47 Å². The van der Waals surface area contributed by atoms with Crippen LogP contribution >= 0.6 is 15.9 Å². The van der Waals surface area contributed by atoms with E-state index < -0.39 is 17.4 Å². The van der Waals surface area contributed by atoms with Crippen molar-refractivity contribution in [1.82, 2.24) is 5.32 Å². The molecule has 0 aliphatic heterocycles. The Bertz CT molecular complexity index is 487. The summed E-state index contributed by atoms with van der Waals surface area (Å²) in [5.41, 5.74) is 0.206. The molecule has 18 heavy (non-hydrogen) atoms. The van der Waals surface area contributed by atoms with Gasteiger partial charge in [-0.1, -0.05) is 13.0 Å². The molecule has 0 saturated carbocycles. The fourth-order valence-corrected chi connectivity index (χ4v) is 2.09. The van der Waals surface area contributed by atoms with Gasteiger partial charge < -0.3 is 10.4 Å². The average Bonchev–Trinajstić information content (AvgIpc) is 2.28. The molecule has 0 aromatic heterocycles. The Morgan fingerprint density at radius 1 is 1.44 bits per heavy atom. The third kappa shape index (κ3) is 3.10. The Balaban J connectivity index is 2.98. The topological polar surface area (TPSA) is 66.4 Å². The summed E-state index contributed by atoms with van der Waals surface area (Å²) < 4.78 is 0.656. The summed E-state index contributed by atoms with van der Waals surface area (Å²) in [6, 6.07) is 5.30. The maximum atomic E-state index is 12.1. The maximum Gasteiger partial charge on any atom is 0.329 e. The quantitative estimate of drug-likeness (QED) is 0.898. The van der Waals surface area contributed by atoms with Crippen molar-refractivity contribution >= 4 is 27.8 Å². The van der Waals surface area contributed by atoms with E-state index in [0.29, 0.717) is 16.5 Å². The first-order valence-corrected chi connectivity index (χ1v) is 6.41. The van der Waals surface area contributed by atoms with E-state index in [1.165, 1.54) is 6.92 Å². The van der Waals surface area contributed by atoms with Crippen LogP contribution in [0, 0.1) is 6.92 Å². The minimum atomic E-state index is -1.25. The second-order valence-corrected chi connectivity index (χ2v) is 5.28. The van der Waals surface area contributed by atoms with Crippen LogP contribution in [-0.4, -0.2) is 22.5 Å². The van der Waals surface area contributed by atoms with Gasteiger partial charge in [0.1, 0.15) is 5.54 Å². The molecule has 0 spiro atoms. The molecule has 0 bridgehead atoms. The summed E-state index contributed by atoms with van der Waals surface area (Å²) in [6.07, 6.45) is 0.317. The number of hydrogen-bond donors (Lipinski definition) is 2. The van der Waals surface area contributed by atoms with Crippen LogP contribution in [0.4, 0.5) is 0 Å². The molecule has 0 aliphatic rings. The second kappa shape index (κ2) is 5.52. The van der Waals surface area contributed by atoms with E-state index in [2.05, 4.69) is 21.2 Å². The fourth-order valence-electron chi connectivity index (χ4n) is 1.42. The van der Waals surface area contributed by atoms with Crippen molar-refractivity contribution in [3.63, 3.8) is 0 Å². The molecule has 1 atom stereocenters. The van der Waals surface area contributed by atoms with E-state index in [9.17, 15) is 9.59 Å². The summed E-state index contributed by atoms with van der Waals surface area (Å²) in [5.74, 6) is -1.43. The number of rotatable bonds is 4. The summed E-state index contributed by atoms with van der Waals surface area (Å²) in [5, 5.41) is 11.7. The first kappa shape index (κ1) is 14.7. The van der Waals surface area contributed by atoms with Crippen LogP contribution in [0.1, 0.15) is 36.2 Å². The van der Waals surface area contributed by atoms with Gasteiger partial charge in [-0.2, -0.15) is 0 Å². The van der Waals surface area contributed by atoms with E-state index in [4.69, 9.17) is 5.11 Å². The van der Waals surface area contributed by atoms with E-state index in [0.717, 1.165) is 5.56 Å². The van der Waals surface area contributed by atoms with Gasteiger partial charge in [0.15, 0.2) is 0 Å². The Morgan fingerprint density at radius 3 is 2.50 bits per heavy atom. The zero-order chi connectivity index (χ0) is 13.9. The Morgan fingerprint density at radius 2 is 2.06 bits per heavy atom. The third-order valence-electron chi connectivity index (χ3n) is 2.94. The molecular formula is C13H16BrNO3. The molecule has 1 amide bonds. The molecule has 0 radical (unpaired) electrons. The molecule has 1 aromatic carbocycles. The molecule has 1 aromatic rings. The Labute approximate surface area is 115 Å². The average molecular weight is 314 g/mol. The Kier molecular flexibility index (Phi) is 4.51. The lowest BCUT2D eigenvalue weighted by molar-refractivity contribution is -0.143. The number of carbonyl (C=O) groups excluding carboxylic acids is 1. The van der Waals surface area contributed by atoms with Gasteiger partial charge in [0.2, 0.25) is 0 Å². The van der Waals surface area contributed by atoms with Gasteiger partial charge in [-0.3, -0.25) is 4.79 Å². The third-order valence-corrected chi connectivity index (χ3v) is 3.59. The van der Waals surface area contributed by atoms with Crippen LogP contribution in [0.25, 0.3) is 0 Å². The molecule has 98 valence electrons. The summed E-state index contributed by atoms with van der Waals surface area (Å²) >= 11 is 3.31. The second-order valence-electron chi connectivity index (χ2n) is 4.43. The lowest BCUT2D eigenvalue weighted by Crippen LogP contribution is -2.51. The van der Waals surface area contributed by atoms with Crippen LogP contribution in [-0.2, 0) is 4.79 Å². The van der Waals surface area contributed by atoms with Crippen molar-refractivity contribution in [2.75, 3.05) is 0 Å². The number of carboxylic acid groups (broad SMARTS) is 1.